The van der Waals surface area contributed by atoms with Gasteiger partial charge in [-0.1, -0.05) is 24.3 Å². The van der Waals surface area contributed by atoms with Crippen molar-refractivity contribution >= 4 is 0 Å². The standard InChI is InChI=1S/C13H19NO/c1-11(15)13-7-3-2-6-12(13)10-14-8-4-5-9-14/h2-3,6-7,11,15H,4-5,8-10H2,1H3. The van der Waals surface area contributed by atoms with Crippen LogP contribution in [0.3, 0.4) is 0 Å². The highest BCUT2D eigenvalue weighted by molar-refractivity contribution is 5.28. The summed E-state index contributed by atoms with van der Waals surface area (Å²) in [5.41, 5.74) is 2.35. The maximum atomic E-state index is 9.66. The first-order chi connectivity index (χ1) is 7.27. The zero-order valence-corrected chi connectivity index (χ0v) is 9.32. The number of nitrogens with zero attached hydrogens (tertiary/aromatic N) is 1. The van der Waals surface area contributed by atoms with Crippen LogP contribution >= 0.6 is 0 Å². The van der Waals surface area contributed by atoms with Gasteiger partial charge in [-0.3, -0.25) is 4.90 Å². The van der Waals surface area contributed by atoms with Gasteiger partial charge in [-0.15, -0.1) is 0 Å². The zero-order chi connectivity index (χ0) is 10.7. The molecule has 1 aliphatic heterocycles. The number of benzene rings is 1. The highest BCUT2D eigenvalue weighted by Crippen LogP contribution is 2.20. The molecule has 1 heterocycles. The molecule has 1 fully saturated rings. The van der Waals surface area contributed by atoms with Gasteiger partial charge in [-0.05, 0) is 44.0 Å². The lowest BCUT2D eigenvalue weighted by atomic mass is 10.0. The van der Waals surface area contributed by atoms with Gasteiger partial charge < -0.3 is 5.11 Å². The van der Waals surface area contributed by atoms with E-state index in [4.69, 9.17) is 0 Å². The van der Waals surface area contributed by atoms with Crippen molar-refractivity contribution in [1.82, 2.24) is 4.90 Å². The predicted octanol–water partition coefficient (Wildman–Crippen LogP) is 2.34. The Bertz CT molecular complexity index is 316. The summed E-state index contributed by atoms with van der Waals surface area (Å²) in [4.78, 5) is 2.46. The number of hydrogen-bond acceptors (Lipinski definition) is 2. The topological polar surface area (TPSA) is 23.5 Å². The minimum atomic E-state index is -0.358. The van der Waals surface area contributed by atoms with Crippen LogP contribution < -0.4 is 0 Å². The molecule has 1 atom stereocenters. The van der Waals surface area contributed by atoms with Gasteiger partial charge in [-0.25, -0.2) is 0 Å². The van der Waals surface area contributed by atoms with E-state index in [9.17, 15) is 5.11 Å². The fourth-order valence-electron chi connectivity index (χ4n) is 2.27. The van der Waals surface area contributed by atoms with E-state index in [0.717, 1.165) is 12.1 Å². The summed E-state index contributed by atoms with van der Waals surface area (Å²) in [6.45, 7) is 5.23. The summed E-state index contributed by atoms with van der Waals surface area (Å²) < 4.78 is 0. The number of likely N-dealkylation sites (tertiary alicyclic amines) is 1. The molecule has 0 spiro atoms. The Balaban J connectivity index is 2.12. The molecule has 2 rings (SSSR count). The molecule has 1 saturated heterocycles. The van der Waals surface area contributed by atoms with Crippen molar-refractivity contribution in [1.29, 1.82) is 0 Å². The largest absolute Gasteiger partial charge is 0.389 e. The van der Waals surface area contributed by atoms with Crippen molar-refractivity contribution in [2.45, 2.75) is 32.4 Å². The molecule has 15 heavy (non-hydrogen) atoms. The van der Waals surface area contributed by atoms with Crippen LogP contribution in [-0.2, 0) is 6.54 Å². The van der Waals surface area contributed by atoms with Crippen molar-refractivity contribution in [3.63, 3.8) is 0 Å². The number of aliphatic hydroxyl groups excluding tert-OH is 1. The monoisotopic (exact) mass is 205 g/mol. The highest BCUT2D eigenvalue weighted by Gasteiger charge is 2.14. The van der Waals surface area contributed by atoms with E-state index in [1.54, 1.807) is 0 Å². The molecule has 2 nitrogen and oxygen atoms in total. The molecule has 1 aliphatic rings. The SMILES string of the molecule is CC(O)c1ccccc1CN1CCCC1. The van der Waals surface area contributed by atoms with E-state index in [-0.39, 0.29) is 6.10 Å². The van der Waals surface area contributed by atoms with Gasteiger partial charge in [-0.2, -0.15) is 0 Å². The van der Waals surface area contributed by atoms with Crippen LogP contribution in [0.15, 0.2) is 24.3 Å². The van der Waals surface area contributed by atoms with Crippen LogP contribution in [-0.4, -0.2) is 23.1 Å². The summed E-state index contributed by atoms with van der Waals surface area (Å²) in [6, 6.07) is 8.20. The van der Waals surface area contributed by atoms with Gasteiger partial charge in [0.2, 0.25) is 0 Å². The van der Waals surface area contributed by atoms with E-state index in [1.807, 2.05) is 19.1 Å². The van der Waals surface area contributed by atoms with E-state index in [0.29, 0.717) is 0 Å². The predicted molar refractivity (Wildman–Crippen MR) is 61.6 cm³/mol. The van der Waals surface area contributed by atoms with Crippen LogP contribution in [0.1, 0.15) is 37.0 Å². The third-order valence-electron chi connectivity index (χ3n) is 3.10. The van der Waals surface area contributed by atoms with E-state index < -0.39 is 0 Å². The number of aliphatic hydroxyl groups is 1. The third-order valence-corrected chi connectivity index (χ3v) is 3.10. The lowest BCUT2D eigenvalue weighted by molar-refractivity contribution is 0.196. The van der Waals surface area contributed by atoms with Crippen LogP contribution in [0.5, 0.6) is 0 Å². The Labute approximate surface area is 91.5 Å². The number of hydrogen-bond donors (Lipinski definition) is 1. The molecule has 1 N–H and O–H groups in total. The molecule has 1 aromatic carbocycles. The molecular weight excluding hydrogens is 186 g/mol. The summed E-state index contributed by atoms with van der Waals surface area (Å²) in [5, 5.41) is 9.66. The van der Waals surface area contributed by atoms with Crippen molar-refractivity contribution in [3.8, 4) is 0 Å². The third kappa shape index (κ3) is 2.58. The second-order valence-corrected chi connectivity index (χ2v) is 4.36. The van der Waals surface area contributed by atoms with E-state index >= 15 is 0 Å². The van der Waals surface area contributed by atoms with E-state index in [2.05, 4.69) is 17.0 Å². The van der Waals surface area contributed by atoms with Gasteiger partial charge >= 0.3 is 0 Å². The average molecular weight is 205 g/mol. The number of rotatable bonds is 3. The van der Waals surface area contributed by atoms with Crippen LogP contribution in [0.25, 0.3) is 0 Å². The lowest BCUT2D eigenvalue weighted by Gasteiger charge is -2.18. The van der Waals surface area contributed by atoms with E-state index in [1.165, 1.54) is 31.5 Å². The molecule has 0 radical (unpaired) electrons. The maximum absolute atomic E-state index is 9.66. The molecule has 2 heteroatoms. The van der Waals surface area contributed by atoms with Gasteiger partial charge in [0, 0.05) is 6.54 Å². The molecule has 1 unspecified atom stereocenters. The summed E-state index contributed by atoms with van der Waals surface area (Å²) >= 11 is 0. The average Bonchev–Trinajstić information content (AvgIpc) is 2.71. The zero-order valence-electron chi connectivity index (χ0n) is 9.32. The first kappa shape index (κ1) is 10.7. The Morgan fingerprint density at radius 2 is 1.93 bits per heavy atom. The fraction of sp³-hybridized carbons (Fsp3) is 0.538. The fourth-order valence-corrected chi connectivity index (χ4v) is 2.27. The molecule has 0 amide bonds. The van der Waals surface area contributed by atoms with Crippen molar-refractivity contribution in [3.05, 3.63) is 35.4 Å². The molecule has 0 saturated carbocycles. The Hall–Kier alpha value is -0.860. The molecular formula is C13H19NO. The van der Waals surface area contributed by atoms with Gasteiger partial charge in [0.05, 0.1) is 6.10 Å². The maximum Gasteiger partial charge on any atom is 0.0765 e. The first-order valence-electron chi connectivity index (χ1n) is 5.75. The minimum absolute atomic E-state index is 0.358. The van der Waals surface area contributed by atoms with Gasteiger partial charge in [0.25, 0.3) is 0 Å². The Morgan fingerprint density at radius 1 is 1.27 bits per heavy atom. The normalized spacial score (nSPS) is 19.3. The second kappa shape index (κ2) is 4.77. The molecule has 0 bridgehead atoms. The van der Waals surface area contributed by atoms with Crippen LogP contribution in [0, 0.1) is 0 Å². The minimum Gasteiger partial charge on any atom is -0.389 e. The first-order valence-corrected chi connectivity index (χ1v) is 5.75. The quantitative estimate of drug-likeness (QED) is 0.818. The lowest BCUT2D eigenvalue weighted by Crippen LogP contribution is -2.19. The molecule has 1 aromatic rings. The summed E-state index contributed by atoms with van der Waals surface area (Å²) in [6.07, 6.45) is 2.28. The molecule has 0 aliphatic carbocycles. The smallest absolute Gasteiger partial charge is 0.0765 e. The molecule has 82 valence electrons. The summed E-state index contributed by atoms with van der Waals surface area (Å²) in [5.74, 6) is 0. The van der Waals surface area contributed by atoms with Crippen molar-refractivity contribution in [2.75, 3.05) is 13.1 Å². The summed E-state index contributed by atoms with van der Waals surface area (Å²) in [7, 11) is 0. The van der Waals surface area contributed by atoms with Crippen LogP contribution in [0.4, 0.5) is 0 Å². The van der Waals surface area contributed by atoms with Crippen molar-refractivity contribution < 1.29 is 5.11 Å². The van der Waals surface area contributed by atoms with Crippen molar-refractivity contribution in [2.24, 2.45) is 0 Å². The highest BCUT2D eigenvalue weighted by atomic mass is 16.3. The van der Waals surface area contributed by atoms with Gasteiger partial charge in [0.1, 0.15) is 0 Å². The molecule has 0 aromatic heterocycles. The Morgan fingerprint density at radius 3 is 2.60 bits per heavy atom. The van der Waals surface area contributed by atoms with Crippen LogP contribution in [0.2, 0.25) is 0 Å². The Kier molecular flexibility index (Phi) is 3.39. The second-order valence-electron chi connectivity index (χ2n) is 4.36. The van der Waals surface area contributed by atoms with Gasteiger partial charge in [0.15, 0.2) is 0 Å².